The Morgan fingerprint density at radius 3 is 2.33 bits per heavy atom. The van der Waals surface area contributed by atoms with Gasteiger partial charge in [-0.15, -0.1) is 0 Å². The molecule has 0 aliphatic carbocycles. The highest BCUT2D eigenvalue weighted by molar-refractivity contribution is 5.60. The van der Waals surface area contributed by atoms with E-state index in [9.17, 15) is 8.78 Å². The number of nitrogen functional groups attached to an aromatic ring is 1. The molecule has 0 saturated heterocycles. The molecular weight excluding hydrogens is 234 g/mol. The lowest BCUT2D eigenvalue weighted by Gasteiger charge is -2.30. The molecular formula is C14H22F2N2. The van der Waals surface area contributed by atoms with Gasteiger partial charge in [-0.05, 0) is 37.5 Å². The summed E-state index contributed by atoms with van der Waals surface area (Å²) in [5.74, 6) is 0.534. The van der Waals surface area contributed by atoms with Crippen LogP contribution in [-0.4, -0.2) is 13.1 Å². The first kappa shape index (κ1) is 14.7. The van der Waals surface area contributed by atoms with Crippen LogP contribution >= 0.6 is 0 Å². The third-order valence-electron chi connectivity index (χ3n) is 3.14. The van der Waals surface area contributed by atoms with Crippen molar-refractivity contribution < 1.29 is 8.78 Å². The predicted molar refractivity (Wildman–Crippen MR) is 73.1 cm³/mol. The lowest BCUT2D eigenvalue weighted by molar-refractivity contribution is 0.152. The minimum absolute atomic E-state index is 0.00751. The van der Waals surface area contributed by atoms with Crippen molar-refractivity contribution in [3.05, 3.63) is 23.8 Å². The van der Waals surface area contributed by atoms with Crippen LogP contribution in [0.15, 0.2) is 18.2 Å². The fourth-order valence-corrected chi connectivity index (χ4v) is 2.15. The van der Waals surface area contributed by atoms with Gasteiger partial charge in [-0.25, -0.2) is 8.78 Å². The van der Waals surface area contributed by atoms with Crippen molar-refractivity contribution in [1.82, 2.24) is 0 Å². The second-order valence-corrected chi connectivity index (χ2v) is 5.21. The molecule has 0 fully saturated rings. The lowest BCUT2D eigenvalue weighted by atomic mass is 10.0. The largest absolute Gasteiger partial charge is 0.399 e. The van der Waals surface area contributed by atoms with E-state index in [1.54, 1.807) is 12.1 Å². The van der Waals surface area contributed by atoms with Gasteiger partial charge in [-0.3, -0.25) is 0 Å². The normalized spacial score (nSPS) is 13.1. The maximum atomic E-state index is 13.0. The first-order valence-corrected chi connectivity index (χ1v) is 6.23. The molecule has 0 aliphatic heterocycles. The number of nitrogens with zero attached hydrogens (tertiary/aromatic N) is 1. The zero-order chi connectivity index (χ0) is 13.9. The number of benzene rings is 1. The van der Waals surface area contributed by atoms with Crippen molar-refractivity contribution in [2.24, 2.45) is 5.92 Å². The highest BCUT2D eigenvalue weighted by Gasteiger charge is 2.19. The number of hydrogen-bond acceptors (Lipinski definition) is 2. The Morgan fingerprint density at radius 1 is 1.22 bits per heavy atom. The molecule has 1 aromatic carbocycles. The van der Waals surface area contributed by atoms with Gasteiger partial charge in [0.25, 0.3) is 6.43 Å². The monoisotopic (exact) mass is 256 g/mol. The third kappa shape index (κ3) is 3.59. The Balaban J connectivity index is 3.01. The summed E-state index contributed by atoms with van der Waals surface area (Å²) >= 11 is 0. The molecule has 2 N–H and O–H groups in total. The molecule has 1 atom stereocenters. The molecule has 0 spiro atoms. The lowest BCUT2D eigenvalue weighted by Crippen LogP contribution is -2.30. The SMILES string of the molecule is CC(C)CC(C)N(C)c1ccc(N)cc1C(F)F. The average molecular weight is 256 g/mol. The van der Waals surface area contributed by atoms with E-state index in [2.05, 4.69) is 13.8 Å². The third-order valence-corrected chi connectivity index (χ3v) is 3.14. The van der Waals surface area contributed by atoms with E-state index in [0.29, 0.717) is 17.3 Å². The van der Waals surface area contributed by atoms with Crippen molar-refractivity contribution in [3.8, 4) is 0 Å². The molecule has 0 amide bonds. The molecule has 0 radical (unpaired) electrons. The Labute approximate surface area is 108 Å². The van der Waals surface area contributed by atoms with Crippen LogP contribution < -0.4 is 10.6 Å². The summed E-state index contributed by atoms with van der Waals surface area (Å²) in [6.07, 6.45) is -1.54. The summed E-state index contributed by atoms with van der Waals surface area (Å²) < 4.78 is 26.0. The van der Waals surface area contributed by atoms with Crippen LogP contribution in [0, 0.1) is 5.92 Å². The molecule has 1 unspecified atom stereocenters. The summed E-state index contributed by atoms with van der Waals surface area (Å²) in [7, 11) is 1.85. The molecule has 4 heteroatoms. The molecule has 0 bridgehead atoms. The minimum atomic E-state index is -2.50. The van der Waals surface area contributed by atoms with Crippen LogP contribution in [-0.2, 0) is 0 Å². The maximum Gasteiger partial charge on any atom is 0.265 e. The number of halogens is 2. The van der Waals surface area contributed by atoms with Crippen LogP contribution in [0.1, 0.15) is 39.2 Å². The van der Waals surface area contributed by atoms with Gasteiger partial charge in [-0.1, -0.05) is 13.8 Å². The summed E-state index contributed by atoms with van der Waals surface area (Å²) in [5.41, 5.74) is 6.51. The van der Waals surface area contributed by atoms with E-state index >= 15 is 0 Å². The van der Waals surface area contributed by atoms with Crippen molar-refractivity contribution in [2.75, 3.05) is 17.7 Å². The van der Waals surface area contributed by atoms with Gasteiger partial charge >= 0.3 is 0 Å². The molecule has 0 heterocycles. The second kappa shape index (κ2) is 6.03. The molecule has 1 aromatic rings. The Kier molecular flexibility index (Phi) is 4.93. The topological polar surface area (TPSA) is 29.3 Å². The van der Waals surface area contributed by atoms with E-state index in [4.69, 9.17) is 5.73 Å². The van der Waals surface area contributed by atoms with Crippen molar-refractivity contribution in [3.63, 3.8) is 0 Å². The van der Waals surface area contributed by atoms with Gasteiger partial charge in [0.2, 0.25) is 0 Å². The van der Waals surface area contributed by atoms with Gasteiger partial charge in [0.05, 0.1) is 0 Å². The maximum absolute atomic E-state index is 13.0. The van der Waals surface area contributed by atoms with Gasteiger partial charge in [0, 0.05) is 30.0 Å². The average Bonchev–Trinajstić information content (AvgIpc) is 2.26. The zero-order valence-corrected chi connectivity index (χ0v) is 11.5. The van der Waals surface area contributed by atoms with E-state index in [1.807, 2.05) is 18.9 Å². The molecule has 2 nitrogen and oxygen atoms in total. The first-order valence-electron chi connectivity index (χ1n) is 6.23. The highest BCUT2D eigenvalue weighted by atomic mass is 19.3. The summed E-state index contributed by atoms with van der Waals surface area (Å²) in [5, 5.41) is 0. The number of hydrogen-bond donors (Lipinski definition) is 1. The zero-order valence-electron chi connectivity index (χ0n) is 11.5. The predicted octanol–water partition coefficient (Wildman–Crippen LogP) is 4.08. The molecule has 1 rings (SSSR count). The van der Waals surface area contributed by atoms with Gasteiger partial charge in [-0.2, -0.15) is 0 Å². The quantitative estimate of drug-likeness (QED) is 0.804. The van der Waals surface area contributed by atoms with Gasteiger partial charge in [0.1, 0.15) is 0 Å². The summed E-state index contributed by atoms with van der Waals surface area (Å²) in [6, 6.07) is 4.91. The number of alkyl halides is 2. The van der Waals surface area contributed by atoms with Crippen LogP contribution in [0.5, 0.6) is 0 Å². The fraction of sp³-hybridized carbons (Fsp3) is 0.571. The van der Waals surface area contributed by atoms with Crippen LogP contribution in [0.2, 0.25) is 0 Å². The van der Waals surface area contributed by atoms with E-state index in [1.165, 1.54) is 6.07 Å². The fourth-order valence-electron chi connectivity index (χ4n) is 2.15. The van der Waals surface area contributed by atoms with Crippen molar-refractivity contribution in [1.29, 1.82) is 0 Å². The van der Waals surface area contributed by atoms with E-state index in [-0.39, 0.29) is 11.6 Å². The minimum Gasteiger partial charge on any atom is -0.399 e. The first-order chi connectivity index (χ1) is 8.32. The van der Waals surface area contributed by atoms with Gasteiger partial charge < -0.3 is 10.6 Å². The number of rotatable bonds is 5. The number of nitrogens with two attached hydrogens (primary N) is 1. The van der Waals surface area contributed by atoms with Crippen molar-refractivity contribution >= 4 is 11.4 Å². The second-order valence-electron chi connectivity index (χ2n) is 5.21. The summed E-state index contributed by atoms with van der Waals surface area (Å²) in [6.45, 7) is 6.30. The smallest absolute Gasteiger partial charge is 0.265 e. The molecule has 0 saturated carbocycles. The van der Waals surface area contributed by atoms with Crippen LogP contribution in [0.4, 0.5) is 20.2 Å². The Bertz CT molecular complexity index is 391. The van der Waals surface area contributed by atoms with E-state index < -0.39 is 6.43 Å². The van der Waals surface area contributed by atoms with Crippen molar-refractivity contribution in [2.45, 2.75) is 39.7 Å². The molecule has 18 heavy (non-hydrogen) atoms. The summed E-state index contributed by atoms with van der Waals surface area (Å²) in [4.78, 5) is 1.90. The van der Waals surface area contributed by atoms with E-state index in [0.717, 1.165) is 6.42 Å². The molecule has 0 aliphatic rings. The standard InChI is InChI=1S/C14H22F2N2/c1-9(2)7-10(3)18(4)13-6-5-11(17)8-12(13)14(15)16/h5-6,8-10,14H,7,17H2,1-4H3. The van der Waals surface area contributed by atoms with Crippen LogP contribution in [0.25, 0.3) is 0 Å². The highest BCUT2D eigenvalue weighted by Crippen LogP contribution is 2.32. The molecule has 0 aromatic heterocycles. The molecule has 102 valence electrons. The Hall–Kier alpha value is -1.32. The number of anilines is 2. The van der Waals surface area contributed by atoms with Gasteiger partial charge in [0.15, 0.2) is 0 Å². The Morgan fingerprint density at radius 2 is 1.83 bits per heavy atom. The van der Waals surface area contributed by atoms with Crippen LogP contribution in [0.3, 0.4) is 0 Å².